The molecule has 0 unspecified atom stereocenters. The van der Waals surface area contributed by atoms with Crippen molar-refractivity contribution < 1.29 is 10.0 Å². The molecule has 3 rings (SSSR count). The first kappa shape index (κ1) is 14.7. The number of carbonyl (C=O) groups is 1. The van der Waals surface area contributed by atoms with Crippen LogP contribution in [0.2, 0.25) is 0 Å². The van der Waals surface area contributed by atoms with Crippen LogP contribution in [0.5, 0.6) is 0 Å². The van der Waals surface area contributed by atoms with E-state index in [0.29, 0.717) is 5.92 Å². The average molecular weight is 300 g/mol. The minimum absolute atomic E-state index is 0.0545. The summed E-state index contributed by atoms with van der Waals surface area (Å²) in [5.74, 6) is 1.08. The van der Waals surface area contributed by atoms with Gasteiger partial charge in [-0.2, -0.15) is 0 Å². The summed E-state index contributed by atoms with van der Waals surface area (Å²) in [6.07, 6.45) is 5.18. The molecule has 2 aromatic rings. The lowest BCUT2D eigenvalue weighted by Crippen LogP contribution is -2.32. The van der Waals surface area contributed by atoms with Gasteiger partial charge in [0.15, 0.2) is 0 Å². The summed E-state index contributed by atoms with van der Waals surface area (Å²) in [6, 6.07) is 7.93. The molecule has 6 nitrogen and oxygen atoms in total. The molecule has 0 aliphatic heterocycles. The van der Waals surface area contributed by atoms with Gasteiger partial charge in [0.25, 0.3) is 0 Å². The predicted molar refractivity (Wildman–Crippen MR) is 83.4 cm³/mol. The van der Waals surface area contributed by atoms with Crippen molar-refractivity contribution in [3.05, 3.63) is 30.6 Å². The summed E-state index contributed by atoms with van der Waals surface area (Å²) in [7, 11) is 0. The number of carbonyl (C=O) groups excluding carboxylic acids is 1. The minimum Gasteiger partial charge on any atom is -0.369 e. The van der Waals surface area contributed by atoms with Crippen LogP contribution in [-0.2, 0) is 4.79 Å². The molecule has 6 heteroatoms. The largest absolute Gasteiger partial charge is 0.369 e. The zero-order chi connectivity index (χ0) is 15.4. The van der Waals surface area contributed by atoms with E-state index in [1.807, 2.05) is 24.3 Å². The topological polar surface area (TPSA) is 87.1 Å². The van der Waals surface area contributed by atoms with E-state index < -0.39 is 0 Å². The van der Waals surface area contributed by atoms with E-state index in [1.54, 1.807) is 11.8 Å². The molecule has 3 N–H and O–H groups in total. The van der Waals surface area contributed by atoms with Gasteiger partial charge in [-0.1, -0.05) is 12.1 Å². The molecule has 0 atom stereocenters. The number of hydroxylamine groups is 1. The second-order valence-electron chi connectivity index (χ2n) is 5.81. The Labute approximate surface area is 128 Å². The lowest BCUT2D eigenvalue weighted by atomic mass is 9.81. The zero-order valence-electron chi connectivity index (χ0n) is 12.3. The number of nitrogens with zero attached hydrogens (tertiary/aromatic N) is 2. The van der Waals surface area contributed by atoms with Crippen molar-refractivity contribution >= 4 is 22.6 Å². The Bertz CT molecular complexity index is 648. The van der Waals surface area contributed by atoms with Crippen LogP contribution in [0.4, 0.5) is 5.82 Å². The van der Waals surface area contributed by atoms with Crippen LogP contribution in [-0.4, -0.2) is 27.6 Å². The lowest BCUT2D eigenvalue weighted by molar-refractivity contribution is -0.134. The number of fused-ring (bicyclic) bond motifs is 1. The van der Waals surface area contributed by atoms with Crippen molar-refractivity contribution in [2.24, 2.45) is 11.8 Å². The quantitative estimate of drug-likeness (QED) is 0.596. The number of hydrogen-bond donors (Lipinski definition) is 3. The third-order valence-electron chi connectivity index (χ3n) is 4.43. The molecule has 1 fully saturated rings. The van der Waals surface area contributed by atoms with Gasteiger partial charge < -0.3 is 5.32 Å². The van der Waals surface area contributed by atoms with Crippen LogP contribution in [0.3, 0.4) is 0 Å². The molecule has 1 saturated carbocycles. The van der Waals surface area contributed by atoms with E-state index >= 15 is 0 Å². The molecular formula is C16H20N4O2. The van der Waals surface area contributed by atoms with Crippen molar-refractivity contribution in [2.45, 2.75) is 25.7 Å². The standard InChI is InChI=1S/C16H20N4O2/c21-16(20-22)12-7-5-11(6-8-12)9-17-15-13-3-1-2-4-14(13)18-10-19-15/h1-4,10-12,22H,5-9H2,(H,20,21)(H,17,18,19). The van der Waals surface area contributed by atoms with Gasteiger partial charge in [0.05, 0.1) is 5.52 Å². The number of aromatic nitrogens is 2. The maximum absolute atomic E-state index is 11.4. The van der Waals surface area contributed by atoms with Crippen molar-refractivity contribution in [1.82, 2.24) is 15.4 Å². The Morgan fingerprint density at radius 3 is 2.73 bits per heavy atom. The highest BCUT2D eigenvalue weighted by atomic mass is 16.5. The van der Waals surface area contributed by atoms with Crippen LogP contribution >= 0.6 is 0 Å². The SMILES string of the molecule is O=C(NO)C1CCC(CNc2ncnc3ccccc23)CC1. The lowest BCUT2D eigenvalue weighted by Gasteiger charge is -2.27. The van der Waals surface area contributed by atoms with Gasteiger partial charge >= 0.3 is 0 Å². The summed E-state index contributed by atoms with van der Waals surface area (Å²) in [6.45, 7) is 0.842. The minimum atomic E-state index is -0.256. The van der Waals surface area contributed by atoms with Crippen LogP contribution in [0.25, 0.3) is 10.9 Å². The van der Waals surface area contributed by atoms with Gasteiger partial charge in [-0.15, -0.1) is 0 Å². The Kier molecular flexibility index (Phi) is 4.48. The molecule has 1 aliphatic rings. The van der Waals surface area contributed by atoms with Crippen LogP contribution in [0, 0.1) is 11.8 Å². The van der Waals surface area contributed by atoms with Gasteiger partial charge in [0.1, 0.15) is 12.1 Å². The monoisotopic (exact) mass is 300 g/mol. The molecular weight excluding hydrogens is 280 g/mol. The average Bonchev–Trinajstić information content (AvgIpc) is 2.59. The summed E-state index contributed by atoms with van der Waals surface area (Å²) in [5, 5.41) is 13.1. The number of para-hydroxylation sites is 1. The van der Waals surface area contributed by atoms with E-state index in [1.165, 1.54) is 0 Å². The first-order valence-electron chi connectivity index (χ1n) is 7.65. The Hall–Kier alpha value is -2.21. The Morgan fingerprint density at radius 2 is 1.95 bits per heavy atom. The Balaban J connectivity index is 1.58. The first-order chi connectivity index (χ1) is 10.8. The molecule has 116 valence electrons. The molecule has 1 heterocycles. The highest BCUT2D eigenvalue weighted by Gasteiger charge is 2.26. The van der Waals surface area contributed by atoms with Crippen LogP contribution in [0.15, 0.2) is 30.6 Å². The number of amides is 1. The number of rotatable bonds is 4. The fourth-order valence-electron chi connectivity index (χ4n) is 3.11. The van der Waals surface area contributed by atoms with Crippen molar-refractivity contribution in [3.63, 3.8) is 0 Å². The van der Waals surface area contributed by atoms with E-state index in [0.717, 1.165) is 48.9 Å². The van der Waals surface area contributed by atoms with E-state index in [4.69, 9.17) is 5.21 Å². The molecule has 0 bridgehead atoms. The molecule has 1 aromatic heterocycles. The molecule has 1 aliphatic carbocycles. The number of nitrogens with one attached hydrogen (secondary N) is 2. The van der Waals surface area contributed by atoms with Crippen molar-refractivity contribution in [1.29, 1.82) is 0 Å². The van der Waals surface area contributed by atoms with Gasteiger partial charge in [-0.3, -0.25) is 10.0 Å². The smallest absolute Gasteiger partial charge is 0.246 e. The van der Waals surface area contributed by atoms with E-state index in [2.05, 4.69) is 15.3 Å². The number of benzene rings is 1. The maximum atomic E-state index is 11.4. The molecule has 1 amide bonds. The summed E-state index contributed by atoms with van der Waals surface area (Å²) in [5.41, 5.74) is 2.69. The molecule has 22 heavy (non-hydrogen) atoms. The molecule has 0 radical (unpaired) electrons. The fourth-order valence-corrected chi connectivity index (χ4v) is 3.11. The van der Waals surface area contributed by atoms with Crippen molar-refractivity contribution in [3.8, 4) is 0 Å². The predicted octanol–water partition coefficient (Wildman–Crippen LogP) is 2.35. The zero-order valence-corrected chi connectivity index (χ0v) is 12.3. The van der Waals surface area contributed by atoms with Crippen molar-refractivity contribution in [2.75, 3.05) is 11.9 Å². The number of anilines is 1. The third kappa shape index (κ3) is 3.17. The normalized spacial score (nSPS) is 21.5. The van der Waals surface area contributed by atoms with Gasteiger partial charge in [-0.25, -0.2) is 15.4 Å². The molecule has 0 spiro atoms. The second kappa shape index (κ2) is 6.70. The van der Waals surface area contributed by atoms with Gasteiger partial charge in [-0.05, 0) is 43.7 Å². The first-order valence-corrected chi connectivity index (χ1v) is 7.65. The van der Waals surface area contributed by atoms with E-state index in [9.17, 15) is 4.79 Å². The molecule has 1 aromatic carbocycles. The van der Waals surface area contributed by atoms with Crippen LogP contribution < -0.4 is 10.8 Å². The summed E-state index contributed by atoms with van der Waals surface area (Å²) >= 11 is 0. The number of hydrogen-bond acceptors (Lipinski definition) is 5. The summed E-state index contributed by atoms with van der Waals surface area (Å²) < 4.78 is 0. The van der Waals surface area contributed by atoms with Crippen LogP contribution in [0.1, 0.15) is 25.7 Å². The van der Waals surface area contributed by atoms with Gasteiger partial charge in [0, 0.05) is 17.8 Å². The second-order valence-corrected chi connectivity index (χ2v) is 5.81. The maximum Gasteiger partial charge on any atom is 0.246 e. The third-order valence-corrected chi connectivity index (χ3v) is 4.43. The highest BCUT2D eigenvalue weighted by molar-refractivity contribution is 5.88. The van der Waals surface area contributed by atoms with E-state index in [-0.39, 0.29) is 11.8 Å². The molecule has 0 saturated heterocycles. The fraction of sp³-hybridized carbons (Fsp3) is 0.438. The van der Waals surface area contributed by atoms with Gasteiger partial charge in [0.2, 0.25) is 5.91 Å². The summed E-state index contributed by atoms with van der Waals surface area (Å²) in [4.78, 5) is 20.0. The Morgan fingerprint density at radius 1 is 1.18 bits per heavy atom. The highest BCUT2D eigenvalue weighted by Crippen LogP contribution is 2.29.